The Balaban J connectivity index is 2.94. The minimum atomic E-state index is 0.717. The van der Waals surface area contributed by atoms with Gasteiger partial charge in [0.25, 0.3) is 0 Å². The third kappa shape index (κ3) is 1.70. The van der Waals surface area contributed by atoms with Gasteiger partial charge in [-0.05, 0) is 17.7 Å². The van der Waals surface area contributed by atoms with Gasteiger partial charge >= 0.3 is 0 Å². The highest BCUT2D eigenvalue weighted by Crippen LogP contribution is 2.09. The number of rotatable bonds is 1. The molecular formula is C7H7ClN. The maximum absolute atomic E-state index is 5.65. The monoisotopic (exact) mass is 140 g/mol. The number of nitrogens with two attached hydrogens (primary N) is 1. The Bertz CT molecular complexity index is 198. The maximum atomic E-state index is 5.65. The Labute approximate surface area is 59.4 Å². The van der Waals surface area contributed by atoms with Crippen LogP contribution in [0, 0.1) is 6.54 Å². The zero-order valence-electron chi connectivity index (χ0n) is 4.84. The molecule has 0 aromatic heterocycles. The van der Waals surface area contributed by atoms with E-state index < -0.39 is 0 Å². The fourth-order valence-corrected chi connectivity index (χ4v) is 0.809. The minimum Gasteiger partial charge on any atom is -0.322 e. The van der Waals surface area contributed by atoms with Crippen molar-refractivity contribution in [3.8, 4) is 0 Å². The van der Waals surface area contributed by atoms with E-state index in [1.54, 1.807) is 0 Å². The van der Waals surface area contributed by atoms with E-state index in [1.807, 2.05) is 24.3 Å². The summed E-state index contributed by atoms with van der Waals surface area (Å²) in [5.41, 5.74) is 6.18. The molecule has 0 aliphatic heterocycles. The summed E-state index contributed by atoms with van der Waals surface area (Å²) in [6.07, 6.45) is 0. The Morgan fingerprint density at radius 1 is 1.44 bits per heavy atom. The second-order valence-corrected chi connectivity index (χ2v) is 2.16. The molecule has 0 heterocycles. The van der Waals surface area contributed by atoms with Crippen molar-refractivity contribution in [2.75, 3.05) is 0 Å². The topological polar surface area (TPSA) is 26.0 Å². The summed E-state index contributed by atoms with van der Waals surface area (Å²) >= 11 is 5.65. The summed E-state index contributed by atoms with van der Waals surface area (Å²) in [5, 5.41) is 0.717. The largest absolute Gasteiger partial charge is 0.322 e. The summed E-state index contributed by atoms with van der Waals surface area (Å²) < 4.78 is 0. The van der Waals surface area contributed by atoms with Crippen molar-refractivity contribution < 1.29 is 0 Å². The molecule has 0 bridgehead atoms. The van der Waals surface area contributed by atoms with Gasteiger partial charge in [-0.25, -0.2) is 0 Å². The van der Waals surface area contributed by atoms with Crippen LogP contribution in [-0.4, -0.2) is 0 Å². The molecule has 1 aromatic rings. The van der Waals surface area contributed by atoms with E-state index in [4.69, 9.17) is 17.3 Å². The van der Waals surface area contributed by atoms with Crippen LogP contribution >= 0.6 is 11.6 Å². The van der Waals surface area contributed by atoms with Crippen LogP contribution < -0.4 is 5.73 Å². The molecule has 0 unspecified atom stereocenters. The highest BCUT2D eigenvalue weighted by Gasteiger charge is 1.88. The van der Waals surface area contributed by atoms with Crippen molar-refractivity contribution in [1.29, 1.82) is 0 Å². The minimum absolute atomic E-state index is 0.717. The van der Waals surface area contributed by atoms with Gasteiger partial charge in [0.2, 0.25) is 0 Å². The summed E-state index contributed by atoms with van der Waals surface area (Å²) in [6.45, 7) is 1.52. The second-order valence-electron chi connectivity index (χ2n) is 1.72. The third-order valence-electron chi connectivity index (χ3n) is 1.04. The number of benzene rings is 1. The van der Waals surface area contributed by atoms with Crippen molar-refractivity contribution in [1.82, 2.24) is 0 Å². The van der Waals surface area contributed by atoms with Gasteiger partial charge in [0.15, 0.2) is 0 Å². The summed E-state index contributed by atoms with van der Waals surface area (Å²) in [6, 6.07) is 7.38. The first-order valence-corrected chi connectivity index (χ1v) is 3.01. The van der Waals surface area contributed by atoms with Gasteiger partial charge in [-0.15, -0.1) is 0 Å². The molecule has 0 aliphatic rings. The average Bonchev–Trinajstić information content (AvgIpc) is 1.88. The second kappa shape index (κ2) is 2.85. The maximum Gasteiger partial charge on any atom is 0.0491 e. The van der Waals surface area contributed by atoms with E-state index >= 15 is 0 Å². The highest BCUT2D eigenvalue weighted by atomic mass is 35.5. The predicted octanol–water partition coefficient (Wildman–Crippen LogP) is 1.81. The highest BCUT2D eigenvalue weighted by molar-refractivity contribution is 6.30. The lowest BCUT2D eigenvalue weighted by Crippen LogP contribution is -1.90. The van der Waals surface area contributed by atoms with Crippen LogP contribution in [0.15, 0.2) is 24.3 Å². The van der Waals surface area contributed by atoms with Gasteiger partial charge < -0.3 is 5.73 Å². The van der Waals surface area contributed by atoms with Crippen molar-refractivity contribution >= 4 is 11.6 Å². The lowest BCUT2D eigenvalue weighted by molar-refractivity contribution is 1.35. The van der Waals surface area contributed by atoms with E-state index in [9.17, 15) is 0 Å². The number of hydrogen-bond donors (Lipinski definition) is 1. The van der Waals surface area contributed by atoms with Gasteiger partial charge in [0.05, 0.1) is 0 Å². The fraction of sp³-hybridized carbons (Fsp3) is 0. The molecule has 1 rings (SSSR count). The average molecular weight is 141 g/mol. The quantitative estimate of drug-likeness (QED) is 0.633. The van der Waals surface area contributed by atoms with E-state index in [0.29, 0.717) is 5.02 Å². The molecule has 0 aliphatic carbocycles. The Morgan fingerprint density at radius 3 is 2.67 bits per heavy atom. The Kier molecular flexibility index (Phi) is 2.09. The van der Waals surface area contributed by atoms with Crippen LogP contribution in [0.25, 0.3) is 0 Å². The zero-order valence-corrected chi connectivity index (χ0v) is 5.60. The van der Waals surface area contributed by atoms with Gasteiger partial charge in [-0.3, -0.25) is 0 Å². The normalized spacial score (nSPS) is 9.56. The van der Waals surface area contributed by atoms with E-state index in [-0.39, 0.29) is 0 Å². The Morgan fingerprint density at radius 2 is 2.22 bits per heavy atom. The molecular weight excluding hydrogens is 134 g/mol. The van der Waals surface area contributed by atoms with Gasteiger partial charge in [-0.1, -0.05) is 23.7 Å². The van der Waals surface area contributed by atoms with Gasteiger partial charge in [-0.2, -0.15) is 0 Å². The Hall–Kier alpha value is -0.530. The molecule has 0 atom stereocenters. The lowest BCUT2D eigenvalue weighted by atomic mass is 10.2. The molecule has 1 radical (unpaired) electrons. The van der Waals surface area contributed by atoms with Crippen molar-refractivity contribution in [3.63, 3.8) is 0 Å². The molecule has 2 N–H and O–H groups in total. The van der Waals surface area contributed by atoms with Crippen molar-refractivity contribution in [3.05, 3.63) is 41.4 Å². The lowest BCUT2D eigenvalue weighted by Gasteiger charge is -1.93. The molecule has 0 amide bonds. The smallest absolute Gasteiger partial charge is 0.0491 e. The first-order chi connectivity index (χ1) is 4.33. The third-order valence-corrected chi connectivity index (χ3v) is 1.28. The van der Waals surface area contributed by atoms with Crippen LogP contribution in [0.1, 0.15) is 5.56 Å². The first-order valence-electron chi connectivity index (χ1n) is 2.63. The van der Waals surface area contributed by atoms with Crippen LogP contribution in [0.5, 0.6) is 0 Å². The van der Waals surface area contributed by atoms with Crippen LogP contribution in [0.3, 0.4) is 0 Å². The van der Waals surface area contributed by atoms with E-state index in [2.05, 4.69) is 0 Å². The van der Waals surface area contributed by atoms with Crippen LogP contribution in [0.4, 0.5) is 0 Å². The van der Waals surface area contributed by atoms with Gasteiger partial charge in [0.1, 0.15) is 0 Å². The van der Waals surface area contributed by atoms with Crippen LogP contribution in [-0.2, 0) is 0 Å². The molecule has 0 fully saturated rings. The van der Waals surface area contributed by atoms with E-state index in [0.717, 1.165) is 5.56 Å². The molecule has 2 heteroatoms. The van der Waals surface area contributed by atoms with Crippen molar-refractivity contribution in [2.24, 2.45) is 5.73 Å². The predicted molar refractivity (Wildman–Crippen MR) is 39.0 cm³/mol. The first kappa shape index (κ1) is 6.59. The SMILES string of the molecule is N[CH]c1cccc(Cl)c1. The number of hydrogen-bond acceptors (Lipinski definition) is 1. The fourth-order valence-electron chi connectivity index (χ4n) is 0.610. The van der Waals surface area contributed by atoms with Crippen molar-refractivity contribution in [2.45, 2.75) is 0 Å². The number of halogens is 1. The standard InChI is InChI=1S/C7H7ClN/c8-7-3-1-2-6(4-7)5-9/h1-5H,9H2. The molecule has 47 valence electrons. The summed E-state index contributed by atoms with van der Waals surface area (Å²) in [4.78, 5) is 0. The molecule has 0 spiro atoms. The zero-order chi connectivity index (χ0) is 6.69. The molecule has 1 aromatic carbocycles. The summed E-state index contributed by atoms with van der Waals surface area (Å²) in [7, 11) is 0. The van der Waals surface area contributed by atoms with Gasteiger partial charge in [0, 0.05) is 11.6 Å². The van der Waals surface area contributed by atoms with Crippen LogP contribution in [0.2, 0.25) is 5.02 Å². The van der Waals surface area contributed by atoms with E-state index in [1.165, 1.54) is 6.54 Å². The molecule has 1 nitrogen and oxygen atoms in total. The molecule has 0 saturated heterocycles. The molecule has 0 saturated carbocycles. The molecule has 9 heavy (non-hydrogen) atoms. The summed E-state index contributed by atoms with van der Waals surface area (Å²) in [5.74, 6) is 0.